The third-order valence-electron chi connectivity index (χ3n) is 3.59. The van der Waals surface area contributed by atoms with Gasteiger partial charge >= 0.3 is 5.97 Å². The highest BCUT2D eigenvalue weighted by molar-refractivity contribution is 5.81. The molecule has 0 radical (unpaired) electrons. The van der Waals surface area contributed by atoms with Crippen LogP contribution in [0.2, 0.25) is 0 Å². The molecule has 1 aliphatic carbocycles. The number of hydrogen-bond donors (Lipinski definition) is 0. The van der Waals surface area contributed by atoms with Crippen LogP contribution in [-0.2, 0) is 14.3 Å². The van der Waals surface area contributed by atoms with E-state index in [9.17, 15) is 4.79 Å². The highest BCUT2D eigenvalue weighted by Gasteiger charge is 2.45. The van der Waals surface area contributed by atoms with E-state index >= 15 is 0 Å². The van der Waals surface area contributed by atoms with Crippen molar-refractivity contribution in [2.24, 2.45) is 5.92 Å². The zero-order valence-corrected chi connectivity index (χ0v) is 9.04. The van der Waals surface area contributed by atoms with E-state index in [4.69, 9.17) is 9.47 Å². The maximum atomic E-state index is 11.3. The second-order valence-electron chi connectivity index (χ2n) is 4.46. The van der Waals surface area contributed by atoms with Gasteiger partial charge in [-0.3, -0.25) is 0 Å². The van der Waals surface area contributed by atoms with Gasteiger partial charge in [-0.1, -0.05) is 6.58 Å². The fraction of sp³-hybridized carbons (Fsp3) is 0.750. The molecule has 2 rings (SSSR count). The molecule has 0 aromatic heterocycles. The van der Waals surface area contributed by atoms with E-state index < -0.39 is 0 Å². The zero-order chi connectivity index (χ0) is 10.7. The van der Waals surface area contributed by atoms with Crippen molar-refractivity contribution >= 4 is 5.97 Å². The van der Waals surface area contributed by atoms with Gasteiger partial charge in [0, 0.05) is 18.6 Å². The van der Waals surface area contributed by atoms with Crippen LogP contribution in [0.15, 0.2) is 12.7 Å². The lowest BCUT2D eigenvalue weighted by atomic mass is 9.85. The maximum Gasteiger partial charge on any atom is 0.330 e. The highest BCUT2D eigenvalue weighted by atomic mass is 16.6. The Labute approximate surface area is 90.4 Å². The third-order valence-corrected chi connectivity index (χ3v) is 3.59. The number of rotatable bonds is 3. The number of ether oxygens (including phenoxy) is 2. The summed E-state index contributed by atoms with van der Waals surface area (Å²) in [6.45, 7) is 5.00. The minimum Gasteiger partial charge on any atom is -0.456 e. The number of carbonyl (C=O) groups excluding carboxylic acids is 1. The summed E-state index contributed by atoms with van der Waals surface area (Å²) in [5.74, 6) is 0.104. The van der Waals surface area contributed by atoms with Crippen LogP contribution in [0.25, 0.3) is 0 Å². The SMILES string of the molecule is C=CC(=O)OC1(C2CCOC2)CCCC1. The molecule has 3 nitrogen and oxygen atoms in total. The van der Waals surface area contributed by atoms with Gasteiger partial charge in [0.25, 0.3) is 0 Å². The summed E-state index contributed by atoms with van der Waals surface area (Å²) in [7, 11) is 0. The molecule has 1 heterocycles. The van der Waals surface area contributed by atoms with Crippen LogP contribution in [0.5, 0.6) is 0 Å². The molecular formula is C12H18O3. The predicted molar refractivity (Wildman–Crippen MR) is 56.4 cm³/mol. The fourth-order valence-corrected chi connectivity index (χ4v) is 2.76. The van der Waals surface area contributed by atoms with Crippen molar-refractivity contribution in [3.63, 3.8) is 0 Å². The van der Waals surface area contributed by atoms with Crippen molar-refractivity contribution in [3.8, 4) is 0 Å². The van der Waals surface area contributed by atoms with Crippen molar-refractivity contribution in [3.05, 3.63) is 12.7 Å². The van der Waals surface area contributed by atoms with Crippen LogP contribution in [0.3, 0.4) is 0 Å². The number of hydrogen-bond acceptors (Lipinski definition) is 3. The smallest absolute Gasteiger partial charge is 0.330 e. The van der Waals surface area contributed by atoms with Gasteiger partial charge in [0.2, 0.25) is 0 Å². The highest BCUT2D eigenvalue weighted by Crippen LogP contribution is 2.42. The lowest BCUT2D eigenvalue weighted by Crippen LogP contribution is -2.40. The molecule has 1 saturated heterocycles. The first-order valence-electron chi connectivity index (χ1n) is 5.70. The predicted octanol–water partition coefficient (Wildman–Crippen LogP) is 2.06. The van der Waals surface area contributed by atoms with Crippen LogP contribution in [0, 0.1) is 5.92 Å². The molecule has 0 spiro atoms. The lowest BCUT2D eigenvalue weighted by molar-refractivity contribution is -0.159. The van der Waals surface area contributed by atoms with Crippen LogP contribution < -0.4 is 0 Å². The third kappa shape index (κ3) is 2.07. The average molecular weight is 210 g/mol. The summed E-state index contributed by atoms with van der Waals surface area (Å²) in [4.78, 5) is 11.3. The molecule has 0 amide bonds. The largest absolute Gasteiger partial charge is 0.456 e. The van der Waals surface area contributed by atoms with Gasteiger partial charge in [0.05, 0.1) is 6.61 Å². The summed E-state index contributed by atoms with van der Waals surface area (Å²) in [6.07, 6.45) is 6.56. The minimum atomic E-state index is -0.288. The Bertz CT molecular complexity index is 248. The van der Waals surface area contributed by atoms with E-state index in [1.165, 1.54) is 6.08 Å². The van der Waals surface area contributed by atoms with Crippen LogP contribution in [0.1, 0.15) is 32.1 Å². The summed E-state index contributed by atoms with van der Waals surface area (Å²) >= 11 is 0. The molecule has 1 atom stereocenters. The van der Waals surface area contributed by atoms with E-state index in [0.29, 0.717) is 5.92 Å². The first-order chi connectivity index (χ1) is 7.27. The molecule has 2 aliphatic rings. The Hall–Kier alpha value is -0.830. The lowest BCUT2D eigenvalue weighted by Gasteiger charge is -2.33. The topological polar surface area (TPSA) is 35.5 Å². The van der Waals surface area contributed by atoms with E-state index in [1.807, 2.05) is 0 Å². The molecule has 1 unspecified atom stereocenters. The van der Waals surface area contributed by atoms with Gasteiger partial charge in [-0.15, -0.1) is 0 Å². The quantitative estimate of drug-likeness (QED) is 0.528. The van der Waals surface area contributed by atoms with Gasteiger partial charge in [-0.05, 0) is 32.1 Å². The van der Waals surface area contributed by atoms with Gasteiger partial charge in [-0.2, -0.15) is 0 Å². The Morgan fingerprint density at radius 3 is 2.73 bits per heavy atom. The molecule has 3 heteroatoms. The van der Waals surface area contributed by atoms with Crippen LogP contribution in [0.4, 0.5) is 0 Å². The van der Waals surface area contributed by atoms with Crippen LogP contribution >= 0.6 is 0 Å². The van der Waals surface area contributed by atoms with Crippen LogP contribution in [-0.4, -0.2) is 24.8 Å². The summed E-state index contributed by atoms with van der Waals surface area (Å²) in [6, 6.07) is 0. The molecule has 2 fully saturated rings. The van der Waals surface area contributed by atoms with E-state index in [2.05, 4.69) is 6.58 Å². The molecule has 15 heavy (non-hydrogen) atoms. The van der Waals surface area contributed by atoms with Crippen molar-refractivity contribution in [1.29, 1.82) is 0 Å². The maximum absolute atomic E-state index is 11.3. The summed E-state index contributed by atoms with van der Waals surface area (Å²) in [5, 5.41) is 0. The Kier molecular flexibility index (Phi) is 3.10. The van der Waals surface area contributed by atoms with Gasteiger partial charge < -0.3 is 9.47 Å². The Morgan fingerprint density at radius 1 is 1.47 bits per heavy atom. The zero-order valence-electron chi connectivity index (χ0n) is 9.04. The number of esters is 1. The van der Waals surface area contributed by atoms with E-state index in [0.717, 1.165) is 45.3 Å². The van der Waals surface area contributed by atoms with Crippen molar-refractivity contribution in [2.75, 3.05) is 13.2 Å². The fourth-order valence-electron chi connectivity index (χ4n) is 2.76. The molecule has 0 aromatic carbocycles. The molecule has 0 N–H and O–H groups in total. The van der Waals surface area contributed by atoms with Crippen molar-refractivity contribution < 1.29 is 14.3 Å². The Balaban J connectivity index is 2.08. The Morgan fingerprint density at radius 2 is 2.20 bits per heavy atom. The van der Waals surface area contributed by atoms with Gasteiger partial charge in [0.15, 0.2) is 0 Å². The normalized spacial score (nSPS) is 28.9. The molecule has 1 aliphatic heterocycles. The molecule has 84 valence electrons. The van der Waals surface area contributed by atoms with Gasteiger partial charge in [-0.25, -0.2) is 4.79 Å². The first kappa shape index (κ1) is 10.7. The monoisotopic (exact) mass is 210 g/mol. The van der Waals surface area contributed by atoms with E-state index in [-0.39, 0.29) is 11.6 Å². The number of carbonyl (C=O) groups is 1. The second-order valence-corrected chi connectivity index (χ2v) is 4.46. The standard InChI is InChI=1S/C12H18O3/c1-2-11(13)15-12(6-3-4-7-12)10-5-8-14-9-10/h2,10H,1,3-9H2. The molecular weight excluding hydrogens is 192 g/mol. The molecule has 1 saturated carbocycles. The molecule has 0 aromatic rings. The summed E-state index contributed by atoms with van der Waals surface area (Å²) < 4.78 is 11.0. The van der Waals surface area contributed by atoms with Crippen molar-refractivity contribution in [2.45, 2.75) is 37.7 Å². The average Bonchev–Trinajstić information content (AvgIpc) is 2.87. The molecule has 0 bridgehead atoms. The van der Waals surface area contributed by atoms with Crippen molar-refractivity contribution in [1.82, 2.24) is 0 Å². The van der Waals surface area contributed by atoms with E-state index in [1.54, 1.807) is 0 Å². The summed E-state index contributed by atoms with van der Waals surface area (Å²) in [5.41, 5.74) is -0.248. The second kappa shape index (κ2) is 4.35. The minimum absolute atomic E-state index is 0.248. The first-order valence-corrected chi connectivity index (χ1v) is 5.70. The van der Waals surface area contributed by atoms with Gasteiger partial charge in [0.1, 0.15) is 5.60 Å².